The van der Waals surface area contributed by atoms with Crippen molar-refractivity contribution in [1.29, 1.82) is 0 Å². The number of rotatable bonds is 19. The summed E-state index contributed by atoms with van der Waals surface area (Å²) in [5.41, 5.74) is 3.66. The molecule has 2 aromatic carbocycles. The highest BCUT2D eigenvalue weighted by atomic mass is 16.6. The first-order chi connectivity index (χ1) is 23.4. The second kappa shape index (κ2) is 20.7. The monoisotopic (exact) mass is 662 g/mol. The third kappa shape index (κ3) is 11.7. The largest absolute Gasteiger partial charge is 0.459 e. The van der Waals surface area contributed by atoms with Gasteiger partial charge in [0.1, 0.15) is 25.4 Å². The maximum Gasteiger partial charge on any atom is 0.338 e. The number of methoxy groups -OCH3 is 2. The lowest BCUT2D eigenvalue weighted by Crippen LogP contribution is -2.38. The number of carbonyl (C=O) groups excluding carboxylic acids is 2. The van der Waals surface area contributed by atoms with Crippen LogP contribution in [0, 0.1) is 11.8 Å². The molecule has 2 saturated carbocycles. The number of carbonyl (C=O) groups is 2. The van der Waals surface area contributed by atoms with Gasteiger partial charge in [0.2, 0.25) is 0 Å². The Kier molecular flexibility index (Phi) is 16.5. The van der Waals surface area contributed by atoms with Gasteiger partial charge in [-0.15, -0.1) is 0 Å². The van der Waals surface area contributed by atoms with Gasteiger partial charge in [0.15, 0.2) is 0 Å². The minimum absolute atomic E-state index is 0.00919. The fourth-order valence-corrected chi connectivity index (χ4v) is 7.85. The van der Waals surface area contributed by atoms with Gasteiger partial charge in [-0.05, 0) is 110 Å². The summed E-state index contributed by atoms with van der Waals surface area (Å²) in [6, 6.07) is 15.8. The summed E-state index contributed by atoms with van der Waals surface area (Å²) in [6.45, 7) is 4.51. The number of unbranched alkanes of at least 4 members (excludes halogenated alkanes) is 4. The van der Waals surface area contributed by atoms with E-state index in [2.05, 4.69) is 38.1 Å². The topological polar surface area (TPSA) is 71.1 Å². The summed E-state index contributed by atoms with van der Waals surface area (Å²) in [6.07, 6.45) is 19.7. The van der Waals surface area contributed by atoms with Gasteiger partial charge in [-0.2, -0.15) is 0 Å². The van der Waals surface area contributed by atoms with Crippen LogP contribution in [0.4, 0.5) is 0 Å². The van der Waals surface area contributed by atoms with Crippen molar-refractivity contribution in [1.82, 2.24) is 0 Å². The minimum atomic E-state index is -0.585. The van der Waals surface area contributed by atoms with Crippen molar-refractivity contribution in [2.45, 2.75) is 141 Å². The average Bonchev–Trinajstić information content (AvgIpc) is 3.13. The van der Waals surface area contributed by atoms with Gasteiger partial charge in [0.25, 0.3) is 0 Å². The molecule has 0 bridgehead atoms. The first kappa shape index (κ1) is 38.1. The smallest absolute Gasteiger partial charge is 0.338 e. The number of hydrogen-bond donors (Lipinski definition) is 0. The second-order valence-corrected chi connectivity index (χ2v) is 14.4. The zero-order valence-corrected chi connectivity index (χ0v) is 30.3. The van der Waals surface area contributed by atoms with E-state index < -0.39 is 24.1 Å². The Morgan fingerprint density at radius 2 is 0.917 bits per heavy atom. The Balaban J connectivity index is 1.18. The van der Waals surface area contributed by atoms with Crippen LogP contribution in [0.1, 0.15) is 160 Å². The van der Waals surface area contributed by atoms with E-state index in [1.54, 1.807) is 0 Å². The predicted octanol–water partition coefficient (Wildman–Crippen LogP) is 10.4. The van der Waals surface area contributed by atoms with E-state index in [-0.39, 0.29) is 13.2 Å². The van der Waals surface area contributed by atoms with Crippen LogP contribution in [-0.4, -0.2) is 51.6 Å². The molecule has 0 aromatic heterocycles. The zero-order valence-electron chi connectivity index (χ0n) is 30.3. The molecule has 0 spiro atoms. The average molecular weight is 663 g/mol. The van der Waals surface area contributed by atoms with Gasteiger partial charge in [-0.3, -0.25) is 0 Å². The molecule has 2 aliphatic carbocycles. The highest BCUT2D eigenvalue weighted by molar-refractivity contribution is 5.90. The van der Waals surface area contributed by atoms with Crippen LogP contribution in [0.2, 0.25) is 0 Å². The molecule has 0 amide bonds. The van der Waals surface area contributed by atoms with Crippen LogP contribution in [0.25, 0.3) is 0 Å². The third-order valence-corrected chi connectivity index (χ3v) is 11.1. The molecule has 6 nitrogen and oxygen atoms in total. The van der Waals surface area contributed by atoms with E-state index in [1.807, 2.05) is 24.3 Å². The molecule has 0 heterocycles. The van der Waals surface area contributed by atoms with Crippen molar-refractivity contribution >= 4 is 11.9 Å². The molecule has 48 heavy (non-hydrogen) atoms. The number of benzene rings is 2. The third-order valence-electron chi connectivity index (χ3n) is 11.1. The van der Waals surface area contributed by atoms with Crippen molar-refractivity contribution in [3.8, 4) is 0 Å². The van der Waals surface area contributed by atoms with E-state index in [1.165, 1.54) is 128 Å². The summed E-state index contributed by atoms with van der Waals surface area (Å²) in [5.74, 6) is 2.09. The maximum atomic E-state index is 12.9. The first-order valence-corrected chi connectivity index (χ1v) is 19.0. The standard InChI is InChI=1S/C42H62O6/c1-5-7-9-11-31-13-17-33(18-14-31)35-21-25-37(26-22-35)41(43)47-29-39(45-3)40(46-4)30-48-42(44)38-27-23-36(24-28-38)34-19-15-32(16-20-34)12-10-8-6-2/h21-28,31-34,39-40H,5-20,29-30H2,1-4H3/t31-,32-,33-,34-,39-,40-/m1/s1. The summed E-state index contributed by atoms with van der Waals surface area (Å²) >= 11 is 0. The normalized spacial score (nSPS) is 22.5. The van der Waals surface area contributed by atoms with Crippen LogP contribution < -0.4 is 0 Å². The van der Waals surface area contributed by atoms with Crippen molar-refractivity contribution in [2.75, 3.05) is 27.4 Å². The van der Waals surface area contributed by atoms with Crippen LogP contribution in [0.15, 0.2) is 48.5 Å². The molecule has 0 N–H and O–H groups in total. The first-order valence-electron chi connectivity index (χ1n) is 19.0. The zero-order chi connectivity index (χ0) is 34.1. The lowest BCUT2D eigenvalue weighted by molar-refractivity contribution is -0.0862. The van der Waals surface area contributed by atoms with Gasteiger partial charge in [-0.25, -0.2) is 9.59 Å². The highest BCUT2D eigenvalue weighted by Crippen LogP contribution is 2.39. The van der Waals surface area contributed by atoms with E-state index in [9.17, 15) is 9.59 Å². The molecule has 0 aliphatic heterocycles. The van der Waals surface area contributed by atoms with Crippen LogP contribution in [0.3, 0.4) is 0 Å². The molecule has 2 atom stereocenters. The molecule has 0 unspecified atom stereocenters. The Labute approximate surface area is 290 Å². The molecule has 4 rings (SSSR count). The quantitative estimate of drug-likeness (QED) is 0.110. The molecule has 2 aliphatic rings. The molecule has 2 fully saturated rings. The van der Waals surface area contributed by atoms with Crippen LogP contribution >= 0.6 is 0 Å². The summed E-state index contributed by atoms with van der Waals surface area (Å²) in [4.78, 5) is 25.8. The summed E-state index contributed by atoms with van der Waals surface area (Å²) < 4.78 is 22.4. The Morgan fingerprint density at radius 3 is 1.23 bits per heavy atom. The van der Waals surface area contributed by atoms with Gasteiger partial charge in [-0.1, -0.05) is 89.5 Å². The Bertz CT molecular complexity index is 1100. The summed E-state index contributed by atoms with van der Waals surface area (Å²) in [7, 11) is 3.08. The second-order valence-electron chi connectivity index (χ2n) is 14.4. The van der Waals surface area contributed by atoms with E-state index >= 15 is 0 Å². The number of hydrogen-bond acceptors (Lipinski definition) is 6. The molecule has 0 saturated heterocycles. The Hall–Kier alpha value is -2.70. The SMILES string of the molecule is CCCCC[C@H]1CC[C@H](c2ccc(C(=O)OC[C@@H](OC)[C@@H](COC(=O)c3ccc([C@H]4CC[C@H](CCCCC)CC4)cc3)OC)cc2)CC1. The lowest BCUT2D eigenvalue weighted by atomic mass is 9.77. The summed E-state index contributed by atoms with van der Waals surface area (Å²) in [5, 5.41) is 0. The molecular formula is C42H62O6. The van der Waals surface area contributed by atoms with E-state index in [4.69, 9.17) is 18.9 Å². The van der Waals surface area contributed by atoms with Crippen molar-refractivity contribution in [3.05, 3.63) is 70.8 Å². The molecule has 0 radical (unpaired) electrons. The molecular weight excluding hydrogens is 600 g/mol. The van der Waals surface area contributed by atoms with Crippen molar-refractivity contribution in [2.24, 2.45) is 11.8 Å². The molecule has 2 aromatic rings. The molecule has 266 valence electrons. The maximum absolute atomic E-state index is 12.9. The Morgan fingerprint density at radius 1 is 0.562 bits per heavy atom. The van der Waals surface area contributed by atoms with Crippen LogP contribution in [-0.2, 0) is 18.9 Å². The molecule has 6 heteroatoms. The van der Waals surface area contributed by atoms with Gasteiger partial charge >= 0.3 is 11.9 Å². The van der Waals surface area contributed by atoms with Crippen LogP contribution in [0.5, 0.6) is 0 Å². The van der Waals surface area contributed by atoms with Gasteiger partial charge < -0.3 is 18.9 Å². The fourth-order valence-electron chi connectivity index (χ4n) is 7.85. The van der Waals surface area contributed by atoms with Crippen molar-refractivity contribution < 1.29 is 28.5 Å². The van der Waals surface area contributed by atoms with Gasteiger partial charge in [0.05, 0.1) is 11.1 Å². The van der Waals surface area contributed by atoms with Crippen molar-refractivity contribution in [3.63, 3.8) is 0 Å². The van der Waals surface area contributed by atoms with E-state index in [0.717, 1.165) is 11.8 Å². The highest BCUT2D eigenvalue weighted by Gasteiger charge is 2.27. The fraction of sp³-hybridized carbons (Fsp3) is 0.667. The van der Waals surface area contributed by atoms with Gasteiger partial charge in [0, 0.05) is 14.2 Å². The number of ether oxygens (including phenoxy) is 4. The predicted molar refractivity (Wildman–Crippen MR) is 193 cm³/mol. The lowest BCUT2D eigenvalue weighted by Gasteiger charge is -2.29. The minimum Gasteiger partial charge on any atom is -0.459 e. The van der Waals surface area contributed by atoms with E-state index in [0.29, 0.717) is 23.0 Å². The number of esters is 2.